The lowest BCUT2D eigenvalue weighted by Crippen LogP contribution is -2.34. The van der Waals surface area contributed by atoms with Gasteiger partial charge in [-0.2, -0.15) is 0 Å². The molecule has 0 atom stereocenters. The van der Waals surface area contributed by atoms with Crippen LogP contribution in [-0.4, -0.2) is 41.3 Å². The summed E-state index contributed by atoms with van der Waals surface area (Å²) in [6.07, 6.45) is 2.94. The number of carbonyl (C=O) groups is 2. The number of amides is 2. The van der Waals surface area contributed by atoms with Gasteiger partial charge in [-0.05, 0) is 48.9 Å². The third-order valence-corrected chi connectivity index (χ3v) is 4.54. The first-order valence-electron chi connectivity index (χ1n) is 8.99. The zero-order chi connectivity index (χ0) is 18.4. The number of aryl methyl sites for hydroxylation is 1. The first-order chi connectivity index (χ1) is 12.7. The van der Waals surface area contributed by atoms with E-state index in [4.69, 9.17) is 0 Å². The molecule has 0 spiro atoms. The van der Waals surface area contributed by atoms with Crippen molar-refractivity contribution in [1.82, 2.24) is 15.2 Å². The molecule has 1 aliphatic rings. The normalized spacial score (nSPS) is 13.2. The molecule has 26 heavy (non-hydrogen) atoms. The minimum atomic E-state index is -0.0846. The maximum Gasteiger partial charge on any atom is 0.251 e. The smallest absolute Gasteiger partial charge is 0.251 e. The van der Waals surface area contributed by atoms with Crippen LogP contribution in [0.15, 0.2) is 42.6 Å². The van der Waals surface area contributed by atoms with Crippen molar-refractivity contribution in [3.63, 3.8) is 0 Å². The Morgan fingerprint density at radius 3 is 2.92 bits per heavy atom. The van der Waals surface area contributed by atoms with E-state index in [-0.39, 0.29) is 11.8 Å². The van der Waals surface area contributed by atoms with Crippen LogP contribution >= 0.6 is 0 Å². The van der Waals surface area contributed by atoms with Crippen molar-refractivity contribution in [3.05, 3.63) is 59.4 Å². The largest absolute Gasteiger partial charge is 0.351 e. The van der Waals surface area contributed by atoms with Crippen LogP contribution in [-0.2, 0) is 17.8 Å². The molecule has 2 N–H and O–H groups in total. The fourth-order valence-electron chi connectivity index (χ4n) is 3.02. The average Bonchev–Trinajstić information content (AvgIpc) is 2.67. The van der Waals surface area contributed by atoms with Gasteiger partial charge in [0.1, 0.15) is 0 Å². The molecule has 0 radical (unpaired) electrons. The van der Waals surface area contributed by atoms with Crippen LogP contribution in [0.2, 0.25) is 0 Å². The summed E-state index contributed by atoms with van der Waals surface area (Å²) in [6.45, 7) is 5.10. The summed E-state index contributed by atoms with van der Waals surface area (Å²) in [6, 6.07) is 11.3. The van der Waals surface area contributed by atoms with E-state index in [0.717, 1.165) is 36.6 Å². The van der Waals surface area contributed by atoms with Gasteiger partial charge in [-0.15, -0.1) is 0 Å². The van der Waals surface area contributed by atoms with Gasteiger partial charge < -0.3 is 10.6 Å². The number of aromatic nitrogens is 1. The van der Waals surface area contributed by atoms with Crippen molar-refractivity contribution in [2.75, 3.05) is 25.0 Å². The van der Waals surface area contributed by atoms with Gasteiger partial charge in [0, 0.05) is 43.5 Å². The number of hydrogen-bond acceptors (Lipinski definition) is 4. The Balaban J connectivity index is 1.51. The Hall–Kier alpha value is -2.73. The molecular weight excluding hydrogens is 328 g/mol. The Bertz CT molecular complexity index is 777. The molecule has 0 saturated heterocycles. The zero-order valence-corrected chi connectivity index (χ0v) is 15.0. The highest BCUT2D eigenvalue weighted by atomic mass is 16.2. The predicted molar refractivity (Wildman–Crippen MR) is 101 cm³/mol. The minimum absolute atomic E-state index is 0.0299. The Morgan fingerprint density at radius 1 is 1.27 bits per heavy atom. The van der Waals surface area contributed by atoms with Crippen LogP contribution < -0.4 is 10.6 Å². The van der Waals surface area contributed by atoms with Crippen molar-refractivity contribution < 1.29 is 9.59 Å². The molecule has 1 aromatic carbocycles. The van der Waals surface area contributed by atoms with Gasteiger partial charge in [-0.3, -0.25) is 19.5 Å². The van der Waals surface area contributed by atoms with Gasteiger partial charge in [-0.1, -0.05) is 13.0 Å². The Labute approximate surface area is 153 Å². The fraction of sp³-hybridized carbons (Fsp3) is 0.350. The van der Waals surface area contributed by atoms with E-state index in [0.29, 0.717) is 24.9 Å². The molecule has 0 fully saturated rings. The quantitative estimate of drug-likeness (QED) is 0.801. The maximum atomic E-state index is 12.4. The van der Waals surface area contributed by atoms with E-state index >= 15 is 0 Å². The summed E-state index contributed by atoms with van der Waals surface area (Å²) in [4.78, 5) is 30.4. The number of carbonyl (C=O) groups excluding carboxylic acids is 2. The van der Waals surface area contributed by atoms with Crippen molar-refractivity contribution in [1.29, 1.82) is 0 Å². The molecule has 2 amide bonds. The van der Waals surface area contributed by atoms with Crippen molar-refractivity contribution >= 4 is 17.5 Å². The zero-order valence-electron chi connectivity index (χ0n) is 15.0. The first-order valence-corrected chi connectivity index (χ1v) is 8.99. The average molecular weight is 352 g/mol. The van der Waals surface area contributed by atoms with Crippen LogP contribution in [0.25, 0.3) is 0 Å². The summed E-state index contributed by atoms with van der Waals surface area (Å²) < 4.78 is 0. The highest BCUT2D eigenvalue weighted by molar-refractivity contribution is 5.97. The number of hydrogen-bond donors (Lipinski definition) is 2. The molecule has 2 aromatic rings. The van der Waals surface area contributed by atoms with Crippen LogP contribution in [0.5, 0.6) is 0 Å². The molecule has 1 aliphatic heterocycles. The van der Waals surface area contributed by atoms with Gasteiger partial charge in [0.25, 0.3) is 5.91 Å². The van der Waals surface area contributed by atoms with Crippen molar-refractivity contribution in [3.8, 4) is 0 Å². The van der Waals surface area contributed by atoms with Crippen molar-refractivity contribution in [2.45, 2.75) is 26.3 Å². The van der Waals surface area contributed by atoms with Gasteiger partial charge in [0.05, 0.1) is 5.69 Å². The lowest BCUT2D eigenvalue weighted by Gasteiger charge is -2.20. The van der Waals surface area contributed by atoms with E-state index in [1.807, 2.05) is 24.3 Å². The molecule has 1 aromatic heterocycles. The third-order valence-electron chi connectivity index (χ3n) is 4.54. The molecule has 6 heteroatoms. The molecule has 2 heterocycles. The molecule has 3 rings (SSSR count). The number of rotatable bonds is 7. The van der Waals surface area contributed by atoms with Crippen molar-refractivity contribution in [2.24, 2.45) is 0 Å². The highest BCUT2D eigenvalue weighted by Crippen LogP contribution is 2.23. The van der Waals surface area contributed by atoms with Crippen LogP contribution in [0, 0.1) is 0 Å². The number of benzene rings is 1. The number of nitrogens with one attached hydrogen (secondary N) is 2. The minimum Gasteiger partial charge on any atom is -0.351 e. The monoisotopic (exact) mass is 352 g/mol. The van der Waals surface area contributed by atoms with Crippen LogP contribution in [0.1, 0.15) is 35.0 Å². The summed E-state index contributed by atoms with van der Waals surface area (Å²) in [5.41, 5.74) is 3.48. The summed E-state index contributed by atoms with van der Waals surface area (Å²) in [5, 5.41) is 5.81. The number of pyridine rings is 1. The SMILES string of the molecule is CCN(CCNC(=O)c1ccc2c(c1)CCC(=O)N2)Cc1ccccn1. The van der Waals surface area contributed by atoms with Gasteiger partial charge in [0.2, 0.25) is 5.91 Å². The standard InChI is InChI=1S/C20H24N4O2/c1-2-24(14-17-5-3-4-10-21-17)12-11-22-20(26)16-6-8-18-15(13-16)7-9-19(25)23-18/h3-6,8,10,13H,2,7,9,11-12,14H2,1H3,(H,22,26)(H,23,25). The topological polar surface area (TPSA) is 74.3 Å². The molecule has 136 valence electrons. The highest BCUT2D eigenvalue weighted by Gasteiger charge is 2.16. The van der Waals surface area contributed by atoms with Gasteiger partial charge in [0.15, 0.2) is 0 Å². The molecule has 0 saturated carbocycles. The number of fused-ring (bicyclic) bond motifs is 1. The number of anilines is 1. The van der Waals surface area contributed by atoms with E-state index < -0.39 is 0 Å². The Morgan fingerprint density at radius 2 is 2.15 bits per heavy atom. The summed E-state index contributed by atoms with van der Waals surface area (Å²) in [5.74, 6) is -0.0548. The molecule has 6 nitrogen and oxygen atoms in total. The van der Waals surface area contributed by atoms with E-state index in [9.17, 15) is 9.59 Å². The van der Waals surface area contributed by atoms with Crippen LogP contribution in [0.4, 0.5) is 5.69 Å². The van der Waals surface area contributed by atoms with Crippen LogP contribution in [0.3, 0.4) is 0 Å². The fourth-order valence-corrected chi connectivity index (χ4v) is 3.02. The lowest BCUT2D eigenvalue weighted by atomic mass is 10.00. The molecular formula is C20H24N4O2. The summed E-state index contributed by atoms with van der Waals surface area (Å²) in [7, 11) is 0. The second-order valence-electron chi connectivity index (χ2n) is 6.37. The van der Waals surface area contributed by atoms with E-state index in [2.05, 4.69) is 27.4 Å². The Kier molecular flexibility index (Phi) is 5.96. The predicted octanol–water partition coefficient (Wildman–Crippen LogP) is 2.22. The van der Waals surface area contributed by atoms with Gasteiger partial charge in [-0.25, -0.2) is 0 Å². The molecule has 0 aliphatic carbocycles. The van der Waals surface area contributed by atoms with E-state index in [1.165, 1.54) is 0 Å². The second kappa shape index (κ2) is 8.58. The van der Waals surface area contributed by atoms with Gasteiger partial charge >= 0.3 is 0 Å². The second-order valence-corrected chi connectivity index (χ2v) is 6.37. The lowest BCUT2D eigenvalue weighted by molar-refractivity contribution is -0.116. The maximum absolute atomic E-state index is 12.4. The van der Waals surface area contributed by atoms with E-state index in [1.54, 1.807) is 18.3 Å². The number of nitrogens with zero attached hydrogens (tertiary/aromatic N) is 2. The molecule has 0 bridgehead atoms. The number of likely N-dealkylation sites (N-methyl/N-ethyl adjacent to an activating group) is 1. The third kappa shape index (κ3) is 4.67. The molecule has 0 unspecified atom stereocenters. The summed E-state index contributed by atoms with van der Waals surface area (Å²) >= 11 is 0. The first kappa shape index (κ1) is 18.1.